The summed E-state index contributed by atoms with van der Waals surface area (Å²) in [6.07, 6.45) is 4.64. The fraction of sp³-hybridized carbons (Fsp3) is 0.389. The van der Waals surface area contributed by atoms with Crippen molar-refractivity contribution in [1.82, 2.24) is 10.3 Å². The summed E-state index contributed by atoms with van der Waals surface area (Å²) < 4.78 is 0. The summed E-state index contributed by atoms with van der Waals surface area (Å²) in [6.45, 7) is 5.38. The van der Waals surface area contributed by atoms with Gasteiger partial charge < -0.3 is 5.32 Å². The van der Waals surface area contributed by atoms with Gasteiger partial charge in [0.2, 0.25) is 0 Å². The van der Waals surface area contributed by atoms with Crippen molar-refractivity contribution >= 4 is 11.8 Å². The molecule has 1 aromatic heterocycles. The third-order valence-electron chi connectivity index (χ3n) is 3.74. The lowest BCUT2D eigenvalue weighted by atomic mass is 10.0. The van der Waals surface area contributed by atoms with Crippen LogP contribution >= 0.6 is 11.8 Å². The SMILES string of the molecule is CC(C)c1ccc(Sc2ccc(CNC3CC3)cn2)cc1. The molecule has 0 radical (unpaired) electrons. The number of hydrogen-bond donors (Lipinski definition) is 1. The molecule has 3 rings (SSSR count). The smallest absolute Gasteiger partial charge is 0.101 e. The lowest BCUT2D eigenvalue weighted by molar-refractivity contribution is 0.685. The third kappa shape index (κ3) is 4.32. The van der Waals surface area contributed by atoms with E-state index in [0.29, 0.717) is 5.92 Å². The maximum atomic E-state index is 4.55. The Morgan fingerprint density at radius 3 is 2.48 bits per heavy atom. The van der Waals surface area contributed by atoms with Crippen molar-refractivity contribution in [3.05, 3.63) is 53.7 Å². The van der Waals surface area contributed by atoms with Gasteiger partial charge >= 0.3 is 0 Å². The highest BCUT2D eigenvalue weighted by molar-refractivity contribution is 7.99. The van der Waals surface area contributed by atoms with Crippen molar-refractivity contribution in [2.75, 3.05) is 0 Å². The van der Waals surface area contributed by atoms with Crippen LogP contribution in [0.2, 0.25) is 0 Å². The molecular formula is C18H22N2S. The van der Waals surface area contributed by atoms with Crippen LogP contribution in [0.5, 0.6) is 0 Å². The highest BCUT2D eigenvalue weighted by Gasteiger charge is 2.19. The van der Waals surface area contributed by atoms with Gasteiger partial charge in [0.15, 0.2) is 0 Å². The first-order valence-corrected chi connectivity index (χ1v) is 8.48. The summed E-state index contributed by atoms with van der Waals surface area (Å²) >= 11 is 1.72. The second-order valence-electron chi connectivity index (χ2n) is 5.99. The molecule has 0 atom stereocenters. The molecule has 1 aromatic carbocycles. The number of rotatable bonds is 6. The van der Waals surface area contributed by atoms with Crippen LogP contribution in [0.3, 0.4) is 0 Å². The predicted octanol–water partition coefficient (Wildman–Crippen LogP) is 4.61. The van der Waals surface area contributed by atoms with E-state index in [-0.39, 0.29) is 0 Å². The van der Waals surface area contributed by atoms with Gasteiger partial charge in [-0.05, 0) is 48.1 Å². The molecule has 110 valence electrons. The van der Waals surface area contributed by atoms with E-state index in [1.165, 1.54) is 28.9 Å². The van der Waals surface area contributed by atoms with E-state index in [1.807, 2.05) is 6.20 Å². The fourth-order valence-corrected chi connectivity index (χ4v) is 2.92. The van der Waals surface area contributed by atoms with Gasteiger partial charge in [-0.15, -0.1) is 0 Å². The monoisotopic (exact) mass is 298 g/mol. The number of benzene rings is 1. The molecule has 1 aliphatic carbocycles. The topological polar surface area (TPSA) is 24.9 Å². The van der Waals surface area contributed by atoms with E-state index < -0.39 is 0 Å². The van der Waals surface area contributed by atoms with E-state index in [0.717, 1.165) is 17.6 Å². The molecule has 0 saturated heterocycles. The average molecular weight is 298 g/mol. The Morgan fingerprint density at radius 2 is 1.90 bits per heavy atom. The normalized spacial score (nSPS) is 14.6. The van der Waals surface area contributed by atoms with Crippen LogP contribution in [-0.2, 0) is 6.54 Å². The second kappa shape index (κ2) is 6.63. The van der Waals surface area contributed by atoms with Crippen molar-refractivity contribution in [3.63, 3.8) is 0 Å². The molecule has 2 aromatic rings. The predicted molar refractivity (Wildman–Crippen MR) is 88.8 cm³/mol. The van der Waals surface area contributed by atoms with Crippen molar-refractivity contribution < 1.29 is 0 Å². The molecule has 0 aliphatic heterocycles. The molecule has 1 saturated carbocycles. The van der Waals surface area contributed by atoms with Gasteiger partial charge in [-0.3, -0.25) is 0 Å². The lowest BCUT2D eigenvalue weighted by Gasteiger charge is -2.07. The minimum atomic E-state index is 0.584. The van der Waals surface area contributed by atoms with Crippen molar-refractivity contribution in [1.29, 1.82) is 0 Å². The first-order valence-electron chi connectivity index (χ1n) is 7.67. The van der Waals surface area contributed by atoms with Gasteiger partial charge in [-0.25, -0.2) is 4.98 Å². The van der Waals surface area contributed by atoms with Crippen molar-refractivity contribution in [2.24, 2.45) is 0 Å². The molecule has 1 N–H and O–H groups in total. The number of pyridine rings is 1. The van der Waals surface area contributed by atoms with E-state index >= 15 is 0 Å². The summed E-state index contributed by atoms with van der Waals surface area (Å²) in [7, 11) is 0. The average Bonchev–Trinajstić information content (AvgIpc) is 3.31. The third-order valence-corrected chi connectivity index (χ3v) is 4.70. The zero-order valence-corrected chi connectivity index (χ0v) is 13.5. The zero-order valence-electron chi connectivity index (χ0n) is 12.7. The first kappa shape index (κ1) is 14.6. The standard InChI is InChI=1S/C18H22N2S/c1-13(2)15-4-8-17(9-5-15)21-18-10-3-14(12-20-18)11-19-16-6-7-16/h3-5,8-10,12-13,16,19H,6-7,11H2,1-2H3. The van der Waals surface area contributed by atoms with E-state index in [2.05, 4.69) is 60.5 Å². The van der Waals surface area contributed by atoms with Gasteiger partial charge in [0.05, 0.1) is 0 Å². The van der Waals surface area contributed by atoms with Crippen molar-refractivity contribution in [2.45, 2.75) is 55.1 Å². The number of nitrogens with zero attached hydrogens (tertiary/aromatic N) is 1. The number of nitrogens with one attached hydrogen (secondary N) is 1. The molecule has 1 heterocycles. The lowest BCUT2D eigenvalue weighted by Crippen LogP contribution is -2.15. The molecule has 0 spiro atoms. The molecule has 1 aliphatic rings. The Kier molecular flexibility index (Phi) is 4.61. The summed E-state index contributed by atoms with van der Waals surface area (Å²) in [5.41, 5.74) is 2.65. The Balaban J connectivity index is 1.58. The van der Waals surface area contributed by atoms with Gasteiger partial charge in [-0.2, -0.15) is 0 Å². The molecule has 0 amide bonds. The maximum Gasteiger partial charge on any atom is 0.101 e. The second-order valence-corrected chi connectivity index (χ2v) is 7.08. The highest BCUT2D eigenvalue weighted by atomic mass is 32.2. The Hall–Kier alpha value is -1.32. The van der Waals surface area contributed by atoms with Gasteiger partial charge in [-0.1, -0.05) is 43.8 Å². The van der Waals surface area contributed by atoms with Crippen LogP contribution in [-0.4, -0.2) is 11.0 Å². The molecule has 1 fully saturated rings. The van der Waals surface area contributed by atoms with Crippen LogP contribution in [0.1, 0.15) is 43.7 Å². The summed E-state index contributed by atoms with van der Waals surface area (Å²) in [6, 6.07) is 13.8. The summed E-state index contributed by atoms with van der Waals surface area (Å²) in [4.78, 5) is 5.80. The van der Waals surface area contributed by atoms with Crippen LogP contribution in [0.15, 0.2) is 52.5 Å². The highest BCUT2D eigenvalue weighted by Crippen LogP contribution is 2.27. The largest absolute Gasteiger partial charge is 0.310 e. The van der Waals surface area contributed by atoms with E-state index in [9.17, 15) is 0 Å². The number of aromatic nitrogens is 1. The summed E-state index contributed by atoms with van der Waals surface area (Å²) in [5, 5.41) is 4.57. The van der Waals surface area contributed by atoms with Crippen LogP contribution < -0.4 is 5.32 Å². The molecular weight excluding hydrogens is 276 g/mol. The zero-order chi connectivity index (χ0) is 14.7. The van der Waals surface area contributed by atoms with Crippen LogP contribution in [0.25, 0.3) is 0 Å². The molecule has 2 nitrogen and oxygen atoms in total. The Bertz CT molecular complexity index is 571. The minimum absolute atomic E-state index is 0.584. The maximum absolute atomic E-state index is 4.55. The van der Waals surface area contributed by atoms with Crippen molar-refractivity contribution in [3.8, 4) is 0 Å². The van der Waals surface area contributed by atoms with Gasteiger partial charge in [0.25, 0.3) is 0 Å². The van der Waals surface area contributed by atoms with E-state index in [4.69, 9.17) is 0 Å². The molecule has 21 heavy (non-hydrogen) atoms. The molecule has 3 heteroatoms. The van der Waals surface area contributed by atoms with Gasteiger partial charge in [0, 0.05) is 23.7 Å². The first-order chi connectivity index (χ1) is 10.2. The minimum Gasteiger partial charge on any atom is -0.310 e. The van der Waals surface area contributed by atoms with Crippen LogP contribution in [0, 0.1) is 0 Å². The van der Waals surface area contributed by atoms with E-state index in [1.54, 1.807) is 11.8 Å². The Labute approximate surface area is 131 Å². The molecule has 0 unspecified atom stereocenters. The van der Waals surface area contributed by atoms with Crippen LogP contribution in [0.4, 0.5) is 0 Å². The Morgan fingerprint density at radius 1 is 1.14 bits per heavy atom. The molecule has 0 bridgehead atoms. The number of hydrogen-bond acceptors (Lipinski definition) is 3. The van der Waals surface area contributed by atoms with Gasteiger partial charge in [0.1, 0.15) is 5.03 Å². The fourth-order valence-electron chi connectivity index (χ4n) is 2.17. The summed E-state index contributed by atoms with van der Waals surface area (Å²) in [5.74, 6) is 0.584. The quantitative estimate of drug-likeness (QED) is 0.843.